The molecule has 1 aromatic heterocycles. The molecule has 0 aliphatic carbocycles. The number of aromatic nitrogens is 3. The molecule has 0 aliphatic heterocycles. The molecule has 1 heterocycles. The second kappa shape index (κ2) is 8.49. The van der Waals surface area contributed by atoms with Crippen molar-refractivity contribution in [2.45, 2.75) is 13.5 Å². The fourth-order valence-corrected chi connectivity index (χ4v) is 2.96. The molecule has 0 atom stereocenters. The van der Waals surface area contributed by atoms with Gasteiger partial charge in [-0.05, 0) is 35.9 Å². The molecular weight excluding hydrogens is 436 g/mol. The van der Waals surface area contributed by atoms with Crippen LogP contribution in [0.1, 0.15) is 18.2 Å². The van der Waals surface area contributed by atoms with Crippen molar-refractivity contribution >= 4 is 34.8 Å². The van der Waals surface area contributed by atoms with Crippen LogP contribution in [0.15, 0.2) is 46.0 Å². The highest BCUT2D eigenvalue weighted by Crippen LogP contribution is 2.23. The molecule has 0 aliphatic rings. The van der Waals surface area contributed by atoms with Gasteiger partial charge in [-0.1, -0.05) is 29.3 Å². The van der Waals surface area contributed by atoms with Gasteiger partial charge in [-0.3, -0.25) is 14.2 Å². The third-order valence-corrected chi connectivity index (χ3v) is 4.73. The van der Waals surface area contributed by atoms with Gasteiger partial charge >= 0.3 is 5.69 Å². The Morgan fingerprint density at radius 3 is 2.57 bits per heavy atom. The lowest BCUT2D eigenvalue weighted by Gasteiger charge is -2.12. The highest BCUT2D eigenvalue weighted by atomic mass is 35.5. The maximum absolute atomic E-state index is 13.9. The van der Waals surface area contributed by atoms with Crippen molar-refractivity contribution in [1.82, 2.24) is 14.3 Å². The SMILES string of the molecule is CC(=O)Nc1cc(-n2nc(C#N)c(=O)n(Cc3ccc(Cl)c(Cl)c3)c2=O)ccc1F. The van der Waals surface area contributed by atoms with Crippen LogP contribution in [0, 0.1) is 17.1 Å². The smallest absolute Gasteiger partial charge is 0.324 e. The molecular formula is C19H12Cl2FN5O3. The number of nitriles is 1. The molecule has 3 aromatic rings. The molecule has 0 saturated heterocycles. The molecule has 3 rings (SSSR count). The van der Waals surface area contributed by atoms with Crippen LogP contribution in [-0.2, 0) is 11.3 Å². The van der Waals surface area contributed by atoms with Crippen molar-refractivity contribution in [1.29, 1.82) is 5.26 Å². The van der Waals surface area contributed by atoms with Crippen molar-refractivity contribution in [2.75, 3.05) is 5.32 Å². The van der Waals surface area contributed by atoms with E-state index < -0.39 is 28.7 Å². The maximum atomic E-state index is 13.9. The van der Waals surface area contributed by atoms with E-state index in [1.54, 1.807) is 12.1 Å². The lowest BCUT2D eigenvalue weighted by molar-refractivity contribution is -0.114. The number of nitrogens with zero attached hydrogens (tertiary/aromatic N) is 4. The lowest BCUT2D eigenvalue weighted by atomic mass is 10.2. The molecule has 0 fully saturated rings. The fourth-order valence-electron chi connectivity index (χ4n) is 2.64. The summed E-state index contributed by atoms with van der Waals surface area (Å²) in [7, 11) is 0. The Bertz CT molecular complexity index is 1330. The standard InChI is InChI=1S/C19H12Cl2FN5O3/c1-10(28)24-16-7-12(3-5-15(16)22)27-19(30)26(18(29)17(8-23)25-27)9-11-2-4-13(20)14(21)6-11/h2-7H,9H2,1H3,(H,24,28). The zero-order valence-electron chi connectivity index (χ0n) is 15.3. The highest BCUT2D eigenvalue weighted by Gasteiger charge is 2.16. The quantitative estimate of drug-likeness (QED) is 0.660. The van der Waals surface area contributed by atoms with E-state index in [1.807, 2.05) is 0 Å². The van der Waals surface area contributed by atoms with E-state index >= 15 is 0 Å². The summed E-state index contributed by atoms with van der Waals surface area (Å²) in [5, 5.41) is 15.9. The number of hydrogen-bond donors (Lipinski definition) is 1. The summed E-state index contributed by atoms with van der Waals surface area (Å²) >= 11 is 11.9. The van der Waals surface area contributed by atoms with Gasteiger partial charge in [-0.25, -0.2) is 9.18 Å². The molecule has 2 aromatic carbocycles. The van der Waals surface area contributed by atoms with Crippen molar-refractivity contribution in [2.24, 2.45) is 0 Å². The summed E-state index contributed by atoms with van der Waals surface area (Å²) in [5.74, 6) is -1.25. The molecule has 0 saturated carbocycles. The summed E-state index contributed by atoms with van der Waals surface area (Å²) < 4.78 is 15.5. The van der Waals surface area contributed by atoms with Crippen LogP contribution < -0.4 is 16.6 Å². The van der Waals surface area contributed by atoms with Crippen molar-refractivity contribution in [3.8, 4) is 11.8 Å². The van der Waals surface area contributed by atoms with Gasteiger partial charge in [0, 0.05) is 6.92 Å². The van der Waals surface area contributed by atoms with Crippen LogP contribution in [0.3, 0.4) is 0 Å². The summed E-state index contributed by atoms with van der Waals surface area (Å²) in [6.07, 6.45) is 0. The molecule has 0 radical (unpaired) electrons. The first-order valence-corrected chi connectivity index (χ1v) is 9.12. The van der Waals surface area contributed by atoms with Gasteiger partial charge in [0.25, 0.3) is 5.56 Å². The Morgan fingerprint density at radius 1 is 1.20 bits per heavy atom. The molecule has 11 heteroatoms. The van der Waals surface area contributed by atoms with E-state index in [0.29, 0.717) is 10.6 Å². The topological polar surface area (TPSA) is 110 Å². The van der Waals surface area contributed by atoms with E-state index in [1.165, 1.54) is 31.2 Å². The van der Waals surface area contributed by atoms with Crippen LogP contribution in [0.4, 0.5) is 10.1 Å². The van der Waals surface area contributed by atoms with Crippen molar-refractivity contribution in [3.63, 3.8) is 0 Å². The Morgan fingerprint density at radius 2 is 1.93 bits per heavy atom. The summed E-state index contributed by atoms with van der Waals surface area (Å²) in [4.78, 5) is 36.7. The number of rotatable bonds is 4. The van der Waals surface area contributed by atoms with E-state index in [0.717, 1.165) is 15.3 Å². The summed E-state index contributed by atoms with van der Waals surface area (Å²) in [6.45, 7) is 0.993. The molecule has 1 N–H and O–H groups in total. The third-order valence-electron chi connectivity index (χ3n) is 4.00. The molecule has 0 spiro atoms. The number of halogens is 3. The van der Waals surface area contributed by atoms with E-state index in [2.05, 4.69) is 10.4 Å². The average molecular weight is 448 g/mol. The minimum absolute atomic E-state index is 0.0459. The molecule has 8 nitrogen and oxygen atoms in total. The molecule has 0 unspecified atom stereocenters. The first kappa shape index (κ1) is 21.2. The lowest BCUT2D eigenvalue weighted by Crippen LogP contribution is -2.42. The number of carbonyl (C=O) groups is 1. The highest BCUT2D eigenvalue weighted by molar-refractivity contribution is 6.42. The van der Waals surface area contributed by atoms with Gasteiger partial charge in [0.15, 0.2) is 0 Å². The Hall–Kier alpha value is -3.48. The van der Waals surface area contributed by atoms with E-state index in [9.17, 15) is 24.0 Å². The monoisotopic (exact) mass is 447 g/mol. The number of carbonyl (C=O) groups excluding carboxylic acids is 1. The minimum Gasteiger partial charge on any atom is -0.324 e. The van der Waals surface area contributed by atoms with Crippen LogP contribution in [0.2, 0.25) is 10.0 Å². The second-order valence-electron chi connectivity index (χ2n) is 6.14. The summed E-state index contributed by atoms with van der Waals surface area (Å²) in [6, 6.07) is 9.63. The van der Waals surface area contributed by atoms with Crippen molar-refractivity contribution < 1.29 is 9.18 Å². The molecule has 0 bridgehead atoms. The fraction of sp³-hybridized carbons (Fsp3) is 0.105. The van der Waals surface area contributed by atoms with Gasteiger partial charge in [0.05, 0.1) is 28.0 Å². The number of benzene rings is 2. The number of hydrogen-bond acceptors (Lipinski definition) is 5. The molecule has 152 valence electrons. The van der Waals surface area contributed by atoms with Crippen LogP contribution in [0.25, 0.3) is 5.69 Å². The minimum atomic E-state index is -0.894. The summed E-state index contributed by atoms with van der Waals surface area (Å²) in [5.41, 5.74) is -1.96. The predicted molar refractivity (Wildman–Crippen MR) is 109 cm³/mol. The zero-order valence-corrected chi connectivity index (χ0v) is 16.8. The number of amides is 1. The number of nitrogens with one attached hydrogen (secondary N) is 1. The van der Waals surface area contributed by atoms with Crippen LogP contribution in [0.5, 0.6) is 0 Å². The molecule has 1 amide bonds. The maximum Gasteiger partial charge on any atom is 0.352 e. The average Bonchev–Trinajstić information content (AvgIpc) is 2.69. The van der Waals surface area contributed by atoms with Crippen LogP contribution in [-0.4, -0.2) is 20.3 Å². The second-order valence-corrected chi connectivity index (χ2v) is 6.95. The van der Waals surface area contributed by atoms with Crippen LogP contribution >= 0.6 is 23.2 Å². The first-order chi connectivity index (χ1) is 14.2. The van der Waals surface area contributed by atoms with Crippen molar-refractivity contribution in [3.05, 3.63) is 84.4 Å². The van der Waals surface area contributed by atoms with Gasteiger partial charge in [0.2, 0.25) is 11.6 Å². The Labute approximate surface area is 178 Å². The van der Waals surface area contributed by atoms with Gasteiger partial charge in [0.1, 0.15) is 11.9 Å². The third kappa shape index (κ3) is 4.25. The Balaban J connectivity index is 2.18. The Kier molecular flexibility index (Phi) is 6.01. The zero-order chi connectivity index (χ0) is 22.0. The van der Waals surface area contributed by atoms with Gasteiger partial charge in [-0.15, -0.1) is 5.10 Å². The molecule has 30 heavy (non-hydrogen) atoms. The predicted octanol–water partition coefficient (Wildman–Crippen LogP) is 2.72. The van der Waals surface area contributed by atoms with Gasteiger partial charge < -0.3 is 5.32 Å². The largest absolute Gasteiger partial charge is 0.352 e. The normalized spacial score (nSPS) is 10.5. The van der Waals surface area contributed by atoms with E-state index in [4.69, 9.17) is 23.2 Å². The van der Waals surface area contributed by atoms with Gasteiger partial charge in [-0.2, -0.15) is 9.94 Å². The first-order valence-electron chi connectivity index (χ1n) is 8.37. The number of anilines is 1. The van der Waals surface area contributed by atoms with E-state index in [-0.39, 0.29) is 22.9 Å².